The number of allylic oxidation sites excluding steroid dienone is 4. The molecule has 2 unspecified atom stereocenters. The van der Waals surface area contributed by atoms with E-state index in [4.69, 9.17) is 4.74 Å². The summed E-state index contributed by atoms with van der Waals surface area (Å²) in [5, 5.41) is 0. The SMILES string of the molecule is COc1c(F)cc(F)cc1BC1=C(F)C(F)C(C)(F)C=C1F. The number of alkyl halides is 2. The van der Waals surface area contributed by atoms with Crippen LogP contribution < -0.4 is 10.2 Å². The van der Waals surface area contributed by atoms with E-state index < -0.39 is 53.6 Å². The third-order valence-electron chi connectivity index (χ3n) is 3.36. The van der Waals surface area contributed by atoms with E-state index >= 15 is 0 Å². The van der Waals surface area contributed by atoms with Crippen LogP contribution in [0.25, 0.3) is 0 Å². The highest BCUT2D eigenvalue weighted by atomic mass is 19.2. The number of methoxy groups -OCH3 is 1. The van der Waals surface area contributed by atoms with Gasteiger partial charge in [0.25, 0.3) is 0 Å². The van der Waals surface area contributed by atoms with Crippen molar-refractivity contribution >= 4 is 12.7 Å². The fourth-order valence-electron chi connectivity index (χ4n) is 2.26. The molecule has 0 heterocycles. The van der Waals surface area contributed by atoms with Crippen molar-refractivity contribution in [2.24, 2.45) is 0 Å². The molecule has 1 aromatic rings. The fraction of sp³-hybridized carbons (Fsp3) is 0.286. The number of halogens is 6. The standard InChI is InChI=1S/C14H11BF6O/c1-14(21)5-9(18)10(11(19)13(14)20)15-7-3-6(16)4-8(17)12(7)22-2/h3-5,13,15H,1-2H3. The first-order valence-electron chi connectivity index (χ1n) is 6.29. The van der Waals surface area contributed by atoms with E-state index in [1.807, 2.05) is 0 Å². The zero-order valence-corrected chi connectivity index (χ0v) is 11.7. The maximum Gasteiger partial charge on any atom is 0.204 e. The van der Waals surface area contributed by atoms with E-state index in [1.54, 1.807) is 0 Å². The Hall–Kier alpha value is -1.86. The molecule has 0 aromatic heterocycles. The molecule has 8 heteroatoms. The summed E-state index contributed by atoms with van der Waals surface area (Å²) < 4.78 is 86.4. The molecule has 2 atom stereocenters. The van der Waals surface area contributed by atoms with Crippen LogP contribution in [0, 0.1) is 11.6 Å². The van der Waals surface area contributed by atoms with Crippen molar-refractivity contribution in [3.05, 3.63) is 47.0 Å². The molecule has 1 aliphatic rings. The van der Waals surface area contributed by atoms with Crippen molar-refractivity contribution in [1.29, 1.82) is 0 Å². The van der Waals surface area contributed by atoms with Gasteiger partial charge in [-0.05, 0) is 30.0 Å². The van der Waals surface area contributed by atoms with E-state index in [9.17, 15) is 26.3 Å². The lowest BCUT2D eigenvalue weighted by Gasteiger charge is -2.26. The van der Waals surface area contributed by atoms with Crippen LogP contribution in [0.15, 0.2) is 35.3 Å². The summed E-state index contributed by atoms with van der Waals surface area (Å²) in [5.74, 6) is -5.43. The predicted molar refractivity (Wildman–Crippen MR) is 71.4 cm³/mol. The number of hydrogen-bond acceptors (Lipinski definition) is 1. The minimum absolute atomic E-state index is 0.219. The molecular formula is C14H11BF6O. The van der Waals surface area contributed by atoms with Crippen molar-refractivity contribution in [3.63, 3.8) is 0 Å². The fourth-order valence-corrected chi connectivity index (χ4v) is 2.26. The first kappa shape index (κ1) is 16.5. The van der Waals surface area contributed by atoms with Crippen LogP contribution in [0.3, 0.4) is 0 Å². The average molecular weight is 320 g/mol. The second-order valence-corrected chi connectivity index (χ2v) is 5.09. The minimum atomic E-state index is -2.82. The van der Waals surface area contributed by atoms with Crippen LogP contribution in [-0.2, 0) is 0 Å². The number of ether oxygens (including phenoxy) is 1. The molecule has 0 aliphatic heterocycles. The molecule has 2 rings (SSSR count). The van der Waals surface area contributed by atoms with Crippen molar-refractivity contribution in [3.8, 4) is 5.75 Å². The van der Waals surface area contributed by atoms with Crippen LogP contribution in [-0.4, -0.2) is 26.2 Å². The molecule has 0 saturated carbocycles. The summed E-state index contributed by atoms with van der Waals surface area (Å²) in [5.41, 5.74) is -3.84. The topological polar surface area (TPSA) is 9.23 Å². The van der Waals surface area contributed by atoms with Gasteiger partial charge in [0.05, 0.1) is 7.11 Å². The molecule has 0 saturated heterocycles. The summed E-state index contributed by atoms with van der Waals surface area (Å²) >= 11 is 0. The summed E-state index contributed by atoms with van der Waals surface area (Å²) in [6.45, 7) is 0.691. The van der Waals surface area contributed by atoms with Gasteiger partial charge in [0.1, 0.15) is 23.2 Å². The molecule has 0 radical (unpaired) electrons. The monoisotopic (exact) mass is 320 g/mol. The molecule has 1 nitrogen and oxygen atoms in total. The van der Waals surface area contributed by atoms with Crippen LogP contribution in [0.2, 0.25) is 0 Å². The lowest BCUT2D eigenvalue weighted by molar-refractivity contribution is 0.114. The maximum atomic E-state index is 13.9. The summed E-state index contributed by atoms with van der Waals surface area (Å²) in [7, 11) is 0.413. The second kappa shape index (κ2) is 5.74. The van der Waals surface area contributed by atoms with Crippen molar-refractivity contribution in [2.45, 2.75) is 18.8 Å². The Morgan fingerprint density at radius 3 is 2.41 bits per heavy atom. The molecule has 0 spiro atoms. The smallest absolute Gasteiger partial charge is 0.204 e. The van der Waals surface area contributed by atoms with Gasteiger partial charge in [-0.25, -0.2) is 26.3 Å². The predicted octanol–water partition coefficient (Wildman–Crippen LogP) is 3.15. The van der Waals surface area contributed by atoms with Gasteiger partial charge in [-0.15, -0.1) is 0 Å². The van der Waals surface area contributed by atoms with Crippen molar-refractivity contribution in [2.75, 3.05) is 7.11 Å². The van der Waals surface area contributed by atoms with Crippen molar-refractivity contribution < 1.29 is 31.1 Å². The Morgan fingerprint density at radius 1 is 1.18 bits per heavy atom. The molecular weight excluding hydrogens is 309 g/mol. The Balaban J connectivity index is 2.47. The van der Waals surface area contributed by atoms with Gasteiger partial charge >= 0.3 is 0 Å². The van der Waals surface area contributed by atoms with Gasteiger partial charge in [-0.1, -0.05) is 0 Å². The summed E-state index contributed by atoms with van der Waals surface area (Å²) in [4.78, 5) is 0. The van der Waals surface area contributed by atoms with Gasteiger partial charge in [0.2, 0.25) is 7.28 Å². The first-order chi connectivity index (χ1) is 10.2. The molecule has 22 heavy (non-hydrogen) atoms. The second-order valence-electron chi connectivity index (χ2n) is 5.09. The lowest BCUT2D eigenvalue weighted by atomic mass is 9.60. The van der Waals surface area contributed by atoms with E-state index in [0.717, 1.165) is 13.2 Å². The lowest BCUT2D eigenvalue weighted by Crippen LogP contribution is -2.36. The highest BCUT2D eigenvalue weighted by Crippen LogP contribution is 2.37. The van der Waals surface area contributed by atoms with Crippen molar-refractivity contribution in [1.82, 2.24) is 0 Å². The number of benzene rings is 1. The first-order valence-corrected chi connectivity index (χ1v) is 6.29. The largest absolute Gasteiger partial charge is 0.494 e. The van der Waals surface area contributed by atoms with E-state index in [1.165, 1.54) is 0 Å². The number of hydrogen-bond donors (Lipinski definition) is 0. The Morgan fingerprint density at radius 2 is 1.82 bits per heavy atom. The van der Waals surface area contributed by atoms with Crippen LogP contribution in [0.1, 0.15) is 6.92 Å². The normalized spacial score (nSPS) is 25.1. The maximum absolute atomic E-state index is 13.9. The Kier molecular flexibility index (Phi) is 4.31. The molecule has 118 valence electrons. The average Bonchev–Trinajstić information content (AvgIpc) is 2.40. The molecule has 1 aliphatic carbocycles. The highest BCUT2D eigenvalue weighted by molar-refractivity contribution is 6.63. The molecule has 0 amide bonds. The molecule has 1 aromatic carbocycles. The van der Waals surface area contributed by atoms with E-state index in [-0.39, 0.29) is 5.46 Å². The Labute approximate surface area is 123 Å². The third-order valence-corrected chi connectivity index (χ3v) is 3.36. The van der Waals surface area contributed by atoms with Gasteiger partial charge in [0, 0.05) is 6.07 Å². The summed E-state index contributed by atoms with van der Waals surface area (Å²) in [6.07, 6.45) is -2.38. The highest BCUT2D eigenvalue weighted by Gasteiger charge is 2.42. The zero-order valence-electron chi connectivity index (χ0n) is 11.7. The number of rotatable bonds is 3. The zero-order chi connectivity index (χ0) is 16.7. The van der Waals surface area contributed by atoms with Crippen LogP contribution >= 0.6 is 0 Å². The minimum Gasteiger partial charge on any atom is -0.494 e. The van der Waals surface area contributed by atoms with E-state index in [2.05, 4.69) is 0 Å². The molecule has 0 bridgehead atoms. The third kappa shape index (κ3) is 2.87. The van der Waals surface area contributed by atoms with Crippen LogP contribution in [0.4, 0.5) is 26.3 Å². The molecule has 0 fully saturated rings. The van der Waals surface area contributed by atoms with Gasteiger partial charge in [0.15, 0.2) is 17.7 Å². The van der Waals surface area contributed by atoms with E-state index in [0.29, 0.717) is 19.1 Å². The van der Waals surface area contributed by atoms with Crippen LogP contribution in [0.5, 0.6) is 5.75 Å². The quantitative estimate of drug-likeness (QED) is 0.614. The van der Waals surface area contributed by atoms with Gasteiger partial charge in [-0.3, -0.25) is 0 Å². The Bertz CT molecular complexity index is 668. The molecule has 0 N–H and O–H groups in total. The van der Waals surface area contributed by atoms with Gasteiger partial charge < -0.3 is 4.74 Å². The summed E-state index contributed by atoms with van der Waals surface area (Å²) in [6, 6.07) is 1.35. The van der Waals surface area contributed by atoms with Gasteiger partial charge in [-0.2, -0.15) is 0 Å².